The first-order valence-corrected chi connectivity index (χ1v) is 8.37. The zero-order chi connectivity index (χ0) is 16.2. The van der Waals surface area contributed by atoms with Gasteiger partial charge in [-0.2, -0.15) is 0 Å². The number of nitrogens with one attached hydrogen (secondary N) is 1. The Bertz CT molecular complexity index is 666. The van der Waals surface area contributed by atoms with Gasteiger partial charge in [0.2, 0.25) is 0 Å². The zero-order valence-electron chi connectivity index (χ0n) is 13.8. The lowest BCUT2D eigenvalue weighted by Gasteiger charge is -2.52. The molecule has 0 aliphatic heterocycles. The van der Waals surface area contributed by atoms with E-state index in [-0.39, 0.29) is 0 Å². The smallest absolute Gasteiger partial charge is 0.187 e. The van der Waals surface area contributed by atoms with Gasteiger partial charge in [-0.1, -0.05) is 78.2 Å². The molecule has 0 aromatic heterocycles. The summed E-state index contributed by atoms with van der Waals surface area (Å²) in [5.41, 5.74) is 4.14. The number of benzene rings is 1. The summed E-state index contributed by atoms with van der Waals surface area (Å²) in [6.07, 6.45) is 14.9. The molecule has 0 amide bonds. The molecule has 0 bridgehead atoms. The number of hydrogen-bond acceptors (Lipinski definition) is 1. The van der Waals surface area contributed by atoms with Gasteiger partial charge < -0.3 is 5.32 Å². The highest BCUT2D eigenvalue weighted by molar-refractivity contribution is 6.61. The van der Waals surface area contributed by atoms with Gasteiger partial charge in [0.05, 0.1) is 0 Å². The van der Waals surface area contributed by atoms with Crippen molar-refractivity contribution in [1.29, 1.82) is 0 Å². The van der Waals surface area contributed by atoms with Gasteiger partial charge in [-0.05, 0) is 30.5 Å². The van der Waals surface area contributed by atoms with Crippen LogP contribution in [-0.4, -0.2) is 13.3 Å². The maximum atomic E-state index is 4.01. The quantitative estimate of drug-likeness (QED) is 0.627. The molecule has 1 N–H and O–H groups in total. The first kappa shape index (κ1) is 15.7. The molecule has 4 atom stereocenters. The standard InChI is InChI=1S/C21H24BN/c1-4-8-15-11-13-16(14-12-15)22-19-10-7-9-18-17(5-2)21(20(18)19)23-6-3/h4-14,17-18,20-23H,2-3H2,1H3/b8-4+. The van der Waals surface area contributed by atoms with Crippen LogP contribution in [0.2, 0.25) is 0 Å². The van der Waals surface area contributed by atoms with E-state index in [0.717, 1.165) is 7.28 Å². The molecule has 0 spiro atoms. The predicted octanol–water partition coefficient (Wildman–Crippen LogP) is 3.39. The van der Waals surface area contributed by atoms with Gasteiger partial charge in [-0.15, -0.1) is 6.58 Å². The van der Waals surface area contributed by atoms with Crippen molar-refractivity contribution >= 4 is 18.8 Å². The van der Waals surface area contributed by atoms with E-state index >= 15 is 0 Å². The van der Waals surface area contributed by atoms with E-state index in [1.165, 1.54) is 16.5 Å². The topological polar surface area (TPSA) is 12.0 Å². The Morgan fingerprint density at radius 2 is 1.96 bits per heavy atom. The third kappa shape index (κ3) is 2.99. The van der Waals surface area contributed by atoms with Gasteiger partial charge in [0.15, 0.2) is 7.28 Å². The molecule has 1 fully saturated rings. The van der Waals surface area contributed by atoms with Crippen molar-refractivity contribution in [3.63, 3.8) is 0 Å². The Morgan fingerprint density at radius 1 is 1.17 bits per heavy atom. The van der Waals surface area contributed by atoms with Crippen LogP contribution in [0, 0.1) is 17.8 Å². The summed E-state index contributed by atoms with van der Waals surface area (Å²) < 4.78 is 0. The van der Waals surface area contributed by atoms with E-state index in [4.69, 9.17) is 0 Å². The van der Waals surface area contributed by atoms with Crippen molar-refractivity contribution in [3.8, 4) is 0 Å². The van der Waals surface area contributed by atoms with Gasteiger partial charge in [0.1, 0.15) is 0 Å². The average molecular weight is 301 g/mol. The molecule has 2 heteroatoms. The molecule has 0 heterocycles. The van der Waals surface area contributed by atoms with Crippen molar-refractivity contribution in [3.05, 3.63) is 85.0 Å². The molecule has 1 saturated carbocycles. The van der Waals surface area contributed by atoms with Crippen LogP contribution in [0.15, 0.2) is 79.5 Å². The highest BCUT2D eigenvalue weighted by Crippen LogP contribution is 2.47. The summed E-state index contributed by atoms with van der Waals surface area (Å²) in [7, 11) is 1.01. The molecule has 116 valence electrons. The van der Waals surface area contributed by atoms with E-state index in [9.17, 15) is 0 Å². The summed E-state index contributed by atoms with van der Waals surface area (Å²) in [6, 6.07) is 9.29. The number of hydrogen-bond donors (Lipinski definition) is 1. The normalized spacial score (nSPS) is 28.5. The van der Waals surface area contributed by atoms with E-state index in [2.05, 4.69) is 79.2 Å². The molecule has 0 radical (unpaired) electrons. The third-order valence-corrected chi connectivity index (χ3v) is 5.06. The Labute approximate surface area is 140 Å². The Kier molecular flexibility index (Phi) is 4.71. The van der Waals surface area contributed by atoms with Crippen LogP contribution in [0.25, 0.3) is 6.08 Å². The van der Waals surface area contributed by atoms with E-state index in [1.807, 2.05) is 13.1 Å². The van der Waals surface area contributed by atoms with Crippen LogP contribution in [0.3, 0.4) is 0 Å². The highest BCUT2D eigenvalue weighted by atomic mass is 14.9. The molecule has 1 aromatic rings. The lowest BCUT2D eigenvalue weighted by atomic mass is 9.47. The molecule has 2 aliphatic carbocycles. The predicted molar refractivity (Wildman–Crippen MR) is 103 cm³/mol. The zero-order valence-corrected chi connectivity index (χ0v) is 13.8. The van der Waals surface area contributed by atoms with E-state index in [0.29, 0.717) is 23.8 Å². The second-order valence-electron chi connectivity index (χ2n) is 6.36. The summed E-state index contributed by atoms with van der Waals surface area (Å²) in [5.74, 6) is 1.62. The maximum Gasteiger partial charge on any atom is 0.187 e. The largest absolute Gasteiger partial charge is 0.387 e. The second-order valence-corrected chi connectivity index (χ2v) is 6.36. The van der Waals surface area contributed by atoms with Crippen molar-refractivity contribution in [2.24, 2.45) is 17.8 Å². The third-order valence-electron chi connectivity index (χ3n) is 5.06. The van der Waals surface area contributed by atoms with E-state index < -0.39 is 0 Å². The number of rotatable bonds is 6. The highest BCUT2D eigenvalue weighted by Gasteiger charge is 2.49. The van der Waals surface area contributed by atoms with E-state index in [1.54, 1.807) is 0 Å². The first-order valence-electron chi connectivity index (χ1n) is 8.37. The lowest BCUT2D eigenvalue weighted by molar-refractivity contribution is 0.126. The van der Waals surface area contributed by atoms with Crippen molar-refractivity contribution < 1.29 is 0 Å². The summed E-state index contributed by atoms with van der Waals surface area (Å²) in [5, 5.41) is 3.43. The van der Waals surface area contributed by atoms with Crippen molar-refractivity contribution in [2.75, 3.05) is 0 Å². The Morgan fingerprint density at radius 3 is 2.61 bits per heavy atom. The fourth-order valence-electron chi connectivity index (χ4n) is 3.96. The molecular formula is C21H24BN. The van der Waals surface area contributed by atoms with Gasteiger partial charge in [0.25, 0.3) is 0 Å². The molecule has 2 aliphatic rings. The molecule has 4 unspecified atom stereocenters. The minimum atomic E-state index is 0.425. The first-order chi connectivity index (χ1) is 11.3. The second kappa shape index (κ2) is 6.91. The minimum Gasteiger partial charge on any atom is -0.387 e. The molecular weight excluding hydrogens is 277 g/mol. The fraction of sp³-hybridized carbons (Fsp3) is 0.238. The van der Waals surface area contributed by atoms with Gasteiger partial charge in [-0.25, -0.2) is 0 Å². The van der Waals surface area contributed by atoms with Crippen molar-refractivity contribution in [1.82, 2.24) is 5.32 Å². The van der Waals surface area contributed by atoms with Crippen LogP contribution in [0.1, 0.15) is 12.5 Å². The Hall–Kier alpha value is -2.22. The van der Waals surface area contributed by atoms with Gasteiger partial charge in [-0.3, -0.25) is 0 Å². The van der Waals surface area contributed by atoms with Crippen LogP contribution < -0.4 is 10.8 Å². The average Bonchev–Trinajstić information content (AvgIpc) is 2.55. The fourth-order valence-corrected chi connectivity index (χ4v) is 3.96. The number of fused-ring (bicyclic) bond motifs is 1. The molecule has 0 saturated heterocycles. The van der Waals surface area contributed by atoms with Crippen LogP contribution >= 0.6 is 0 Å². The molecule has 23 heavy (non-hydrogen) atoms. The minimum absolute atomic E-state index is 0.425. The van der Waals surface area contributed by atoms with Crippen molar-refractivity contribution in [2.45, 2.75) is 13.0 Å². The van der Waals surface area contributed by atoms with Crippen LogP contribution in [0.4, 0.5) is 0 Å². The molecule has 3 rings (SSSR count). The molecule has 1 nitrogen and oxygen atoms in total. The summed E-state index contributed by atoms with van der Waals surface area (Å²) in [6.45, 7) is 9.89. The Balaban J connectivity index is 1.76. The van der Waals surface area contributed by atoms with Crippen LogP contribution in [0.5, 0.6) is 0 Å². The maximum absolute atomic E-state index is 4.01. The lowest BCUT2D eigenvalue weighted by Crippen LogP contribution is -2.58. The molecule has 1 aromatic carbocycles. The van der Waals surface area contributed by atoms with Crippen LogP contribution in [-0.2, 0) is 0 Å². The summed E-state index contributed by atoms with van der Waals surface area (Å²) in [4.78, 5) is 0. The van der Waals surface area contributed by atoms with Gasteiger partial charge in [0, 0.05) is 12.0 Å². The SMILES string of the molecule is C=CNC1C(C=C)C2C=CC=C(Bc3ccc(/C=C/C)cc3)C21. The number of allylic oxidation sites excluding steroid dienone is 4. The monoisotopic (exact) mass is 301 g/mol. The van der Waals surface area contributed by atoms with Gasteiger partial charge >= 0.3 is 0 Å². The summed E-state index contributed by atoms with van der Waals surface area (Å²) >= 11 is 0.